The van der Waals surface area contributed by atoms with E-state index in [2.05, 4.69) is 4.90 Å². The number of halogens is 5. The van der Waals surface area contributed by atoms with Gasteiger partial charge in [0.05, 0.1) is 21.8 Å². The van der Waals surface area contributed by atoms with Gasteiger partial charge in [0.2, 0.25) is 0 Å². The quantitative estimate of drug-likeness (QED) is 0.344. The monoisotopic (exact) mass is 647 g/mol. The number of nitrogens with zero attached hydrogens (tertiary/aromatic N) is 2. The van der Waals surface area contributed by atoms with Gasteiger partial charge in [0.15, 0.2) is 15.9 Å². The normalized spacial score (nSPS) is 24.2. The minimum absolute atomic E-state index is 0.0502. The Bertz CT molecular complexity index is 1460. The predicted octanol–water partition coefficient (Wildman–Crippen LogP) is 3.97. The summed E-state index contributed by atoms with van der Waals surface area (Å²) in [5, 5.41) is 12.2. The third-order valence-electron chi connectivity index (χ3n) is 8.58. The van der Waals surface area contributed by atoms with E-state index >= 15 is 0 Å². The second-order valence-electron chi connectivity index (χ2n) is 11.6. The Morgan fingerprint density at radius 3 is 2.40 bits per heavy atom. The first kappa shape index (κ1) is 33.3. The van der Waals surface area contributed by atoms with Crippen LogP contribution in [0.25, 0.3) is 0 Å². The average Bonchev–Trinajstić information content (AvgIpc) is 3.31. The van der Waals surface area contributed by atoms with Gasteiger partial charge >= 0.3 is 12.1 Å². The van der Waals surface area contributed by atoms with Crippen LogP contribution in [0.3, 0.4) is 0 Å². The van der Waals surface area contributed by atoms with Crippen molar-refractivity contribution in [2.45, 2.75) is 74.8 Å². The van der Waals surface area contributed by atoms with E-state index in [1.807, 2.05) is 20.9 Å². The highest BCUT2D eigenvalue weighted by molar-refractivity contribution is 7.91. The maximum absolute atomic E-state index is 13.9. The highest BCUT2D eigenvalue weighted by Crippen LogP contribution is 2.36. The lowest BCUT2D eigenvalue weighted by atomic mass is 9.81. The SMILES string of the molecule is CC(C)N(C)[C@@H]1CC[C@H](N2CC[C@H]([NH+]([O-])C(=O)c3cc(F)cc(C(F)(F)F)c3)C2=O)[C@H](CS(=O)(=O)c2ccc(Cl)cc2)C1. The van der Waals surface area contributed by atoms with E-state index in [-0.39, 0.29) is 41.8 Å². The Morgan fingerprint density at radius 2 is 1.79 bits per heavy atom. The number of alkyl halides is 3. The van der Waals surface area contributed by atoms with Crippen LogP contribution in [0, 0.1) is 16.9 Å². The summed E-state index contributed by atoms with van der Waals surface area (Å²) in [7, 11) is -1.83. The number of hydrogen-bond donors (Lipinski definition) is 1. The van der Waals surface area contributed by atoms with Crippen LogP contribution in [0.1, 0.15) is 55.5 Å². The molecule has 1 aliphatic carbocycles. The van der Waals surface area contributed by atoms with Crippen LogP contribution in [0.4, 0.5) is 17.6 Å². The van der Waals surface area contributed by atoms with Crippen molar-refractivity contribution in [1.82, 2.24) is 9.80 Å². The van der Waals surface area contributed by atoms with Gasteiger partial charge in [0.1, 0.15) is 5.82 Å². The van der Waals surface area contributed by atoms with Gasteiger partial charge in [0, 0.05) is 36.1 Å². The molecule has 0 radical (unpaired) electrons. The molecule has 236 valence electrons. The summed E-state index contributed by atoms with van der Waals surface area (Å²) in [6, 6.07) is 5.21. The summed E-state index contributed by atoms with van der Waals surface area (Å²) in [6.07, 6.45) is -3.40. The fourth-order valence-corrected chi connectivity index (χ4v) is 7.87. The minimum Gasteiger partial charge on any atom is -0.626 e. The zero-order chi connectivity index (χ0) is 31.9. The molecule has 1 saturated heterocycles. The second kappa shape index (κ2) is 12.8. The molecule has 2 amide bonds. The smallest absolute Gasteiger partial charge is 0.416 e. The number of benzene rings is 2. The largest absolute Gasteiger partial charge is 0.626 e. The molecule has 43 heavy (non-hydrogen) atoms. The molecule has 2 aromatic rings. The van der Waals surface area contributed by atoms with Gasteiger partial charge in [-0.25, -0.2) is 17.6 Å². The average molecular weight is 648 g/mol. The van der Waals surface area contributed by atoms with E-state index in [9.17, 15) is 40.8 Å². The molecular formula is C29H34ClF4N3O5S. The third-order valence-corrected chi connectivity index (χ3v) is 10.7. The lowest BCUT2D eigenvalue weighted by Gasteiger charge is -2.44. The Morgan fingerprint density at radius 1 is 1.14 bits per heavy atom. The molecule has 1 unspecified atom stereocenters. The fraction of sp³-hybridized carbons (Fsp3) is 0.517. The van der Waals surface area contributed by atoms with Crippen LogP contribution in [-0.2, 0) is 20.8 Å². The number of amides is 2. The number of carbonyl (C=O) groups excluding carboxylic acids is 2. The molecule has 1 aliphatic heterocycles. The number of quaternary nitrogens is 1. The highest BCUT2D eigenvalue weighted by Gasteiger charge is 2.47. The molecule has 1 N–H and O–H groups in total. The molecule has 2 aromatic carbocycles. The van der Waals surface area contributed by atoms with E-state index in [1.165, 1.54) is 29.2 Å². The lowest BCUT2D eigenvalue weighted by molar-refractivity contribution is -0.776. The van der Waals surface area contributed by atoms with E-state index in [0.29, 0.717) is 36.4 Å². The van der Waals surface area contributed by atoms with E-state index in [1.54, 1.807) is 0 Å². The Balaban J connectivity index is 1.57. The summed E-state index contributed by atoms with van der Waals surface area (Å²) in [6.45, 7) is 4.13. The third kappa shape index (κ3) is 7.39. The van der Waals surface area contributed by atoms with Gasteiger partial charge in [-0.05, 0) is 88.5 Å². The van der Waals surface area contributed by atoms with Crippen LogP contribution in [0.15, 0.2) is 47.4 Å². The van der Waals surface area contributed by atoms with E-state index < -0.39 is 67.8 Å². The van der Waals surface area contributed by atoms with E-state index in [0.717, 1.165) is 0 Å². The van der Waals surface area contributed by atoms with Gasteiger partial charge in [-0.2, -0.15) is 13.2 Å². The molecule has 0 aromatic heterocycles. The Kier molecular flexibility index (Phi) is 9.92. The summed E-state index contributed by atoms with van der Waals surface area (Å²) in [5.41, 5.74) is -2.20. The topological polar surface area (TPSA) is 102 Å². The molecule has 2 aliphatic rings. The van der Waals surface area contributed by atoms with Crippen molar-refractivity contribution in [2.24, 2.45) is 5.92 Å². The van der Waals surface area contributed by atoms with Gasteiger partial charge in [0.25, 0.3) is 5.91 Å². The first-order valence-corrected chi connectivity index (χ1v) is 16.0. The first-order chi connectivity index (χ1) is 20.0. The van der Waals surface area contributed by atoms with Crippen molar-refractivity contribution >= 4 is 33.3 Å². The Hall–Kier alpha value is -2.58. The number of carbonyl (C=O) groups is 2. The van der Waals surface area contributed by atoms with Crippen LogP contribution in [0.5, 0.6) is 0 Å². The molecule has 8 nitrogen and oxygen atoms in total. The first-order valence-electron chi connectivity index (χ1n) is 14.0. The molecule has 1 heterocycles. The van der Waals surface area contributed by atoms with Crippen molar-refractivity contribution in [3.05, 3.63) is 69.6 Å². The molecular weight excluding hydrogens is 614 g/mol. The van der Waals surface area contributed by atoms with Gasteiger partial charge < -0.3 is 15.0 Å². The van der Waals surface area contributed by atoms with Crippen LogP contribution >= 0.6 is 11.6 Å². The van der Waals surface area contributed by atoms with Crippen molar-refractivity contribution in [1.29, 1.82) is 0 Å². The maximum atomic E-state index is 13.9. The second-order valence-corrected chi connectivity index (χ2v) is 14.1. The molecule has 0 spiro atoms. The zero-order valence-electron chi connectivity index (χ0n) is 23.9. The zero-order valence-corrected chi connectivity index (χ0v) is 25.5. The molecule has 5 atom stereocenters. The number of rotatable bonds is 8. The maximum Gasteiger partial charge on any atom is 0.416 e. The fourth-order valence-electron chi connectivity index (χ4n) is 6.08. The van der Waals surface area contributed by atoms with E-state index in [4.69, 9.17) is 11.6 Å². The summed E-state index contributed by atoms with van der Waals surface area (Å²) < 4.78 is 80.3. The predicted molar refractivity (Wildman–Crippen MR) is 152 cm³/mol. The van der Waals surface area contributed by atoms with Crippen molar-refractivity contribution in [3.8, 4) is 0 Å². The summed E-state index contributed by atoms with van der Waals surface area (Å²) in [5.74, 6) is -4.15. The van der Waals surface area contributed by atoms with Crippen LogP contribution in [0.2, 0.25) is 5.02 Å². The molecule has 2 fully saturated rings. The van der Waals surface area contributed by atoms with Crippen LogP contribution in [-0.4, -0.2) is 73.5 Å². The van der Waals surface area contributed by atoms with Gasteiger partial charge in [-0.1, -0.05) is 11.6 Å². The minimum atomic E-state index is -4.94. The molecule has 4 rings (SSSR count). The Labute approximate surface area is 253 Å². The highest BCUT2D eigenvalue weighted by atomic mass is 35.5. The number of likely N-dealkylation sites (tertiary alicyclic amines) is 1. The number of hydroxylamine groups is 2. The van der Waals surface area contributed by atoms with Crippen molar-refractivity contribution < 1.29 is 40.6 Å². The molecule has 1 saturated carbocycles. The number of nitrogens with one attached hydrogen (secondary N) is 1. The van der Waals surface area contributed by atoms with Gasteiger partial charge in [-0.3, -0.25) is 9.86 Å². The number of sulfone groups is 1. The summed E-state index contributed by atoms with van der Waals surface area (Å²) in [4.78, 5) is 30.1. The summed E-state index contributed by atoms with van der Waals surface area (Å²) >= 11 is 5.93. The molecule has 0 bridgehead atoms. The van der Waals surface area contributed by atoms with Crippen molar-refractivity contribution in [3.63, 3.8) is 0 Å². The lowest BCUT2D eigenvalue weighted by Crippen LogP contribution is -3.14. The number of hydrogen-bond acceptors (Lipinski definition) is 6. The molecule has 14 heteroatoms. The van der Waals surface area contributed by atoms with Gasteiger partial charge in [-0.15, -0.1) is 0 Å². The van der Waals surface area contributed by atoms with Crippen molar-refractivity contribution in [2.75, 3.05) is 19.3 Å². The van der Waals surface area contributed by atoms with Crippen LogP contribution < -0.4 is 5.06 Å². The standard InChI is InChI=1S/C29H34ClF4N3O5S/c1-17(2)35(3)23-6-9-25(19(14-23)16-43(41,42)24-7-4-21(30)5-8-24)36-11-10-26(28(36)39)37(40)27(38)18-12-20(29(32,33)34)15-22(31)13-18/h4-5,7-8,12-13,15,17,19,23,25-26,37H,6,9-11,14,16H2,1-3H3/t19-,23+,25-,26-/m0/s1.